The number of ether oxygens (including phenoxy) is 1. The summed E-state index contributed by atoms with van der Waals surface area (Å²) in [6.45, 7) is 1.78. The van der Waals surface area contributed by atoms with E-state index in [0.717, 1.165) is 24.0 Å². The second-order valence-electron chi connectivity index (χ2n) is 4.82. The number of hydrogen-bond donors (Lipinski definition) is 1. The number of hydrogen-bond acceptors (Lipinski definition) is 3. The molecule has 1 N–H and O–H groups in total. The van der Waals surface area contributed by atoms with Crippen LogP contribution < -0.4 is 10.1 Å². The van der Waals surface area contributed by atoms with Crippen LogP contribution in [0.5, 0.6) is 5.75 Å². The lowest BCUT2D eigenvalue weighted by Crippen LogP contribution is -2.38. The molecule has 1 aromatic rings. The van der Waals surface area contributed by atoms with Crippen LogP contribution in [0.1, 0.15) is 23.2 Å². The summed E-state index contributed by atoms with van der Waals surface area (Å²) in [5.41, 5.74) is 0.603. The fraction of sp³-hybridized carbons (Fsp3) is 0.500. The highest BCUT2D eigenvalue weighted by Crippen LogP contribution is 2.24. The van der Waals surface area contributed by atoms with E-state index in [2.05, 4.69) is 21.2 Å². The maximum absolute atomic E-state index is 12.4. The van der Waals surface area contributed by atoms with Crippen molar-refractivity contribution in [2.75, 3.05) is 27.2 Å². The van der Waals surface area contributed by atoms with Gasteiger partial charge in [-0.1, -0.05) is 15.9 Å². The lowest BCUT2D eigenvalue weighted by Gasteiger charge is -2.22. The topological polar surface area (TPSA) is 41.6 Å². The molecule has 1 unspecified atom stereocenters. The molecule has 5 heteroatoms. The highest BCUT2D eigenvalue weighted by atomic mass is 79.9. The normalized spacial score (nSPS) is 18.4. The predicted molar refractivity (Wildman–Crippen MR) is 78.7 cm³/mol. The number of benzene rings is 1. The molecule has 0 spiro atoms. The zero-order chi connectivity index (χ0) is 13.8. The Bertz CT molecular complexity index is 459. The van der Waals surface area contributed by atoms with Crippen LogP contribution in [0.15, 0.2) is 22.7 Å². The lowest BCUT2D eigenvalue weighted by molar-refractivity contribution is 0.0780. The van der Waals surface area contributed by atoms with E-state index in [9.17, 15) is 4.79 Å². The van der Waals surface area contributed by atoms with Gasteiger partial charge >= 0.3 is 0 Å². The van der Waals surface area contributed by atoms with E-state index in [1.165, 1.54) is 6.42 Å². The Balaban J connectivity index is 2.09. The first-order chi connectivity index (χ1) is 9.11. The second-order valence-corrected chi connectivity index (χ2v) is 5.74. The minimum atomic E-state index is -0.00181. The highest BCUT2D eigenvalue weighted by molar-refractivity contribution is 9.10. The first kappa shape index (κ1) is 14.3. The molecule has 1 amide bonds. The molecule has 0 saturated carbocycles. The number of carbonyl (C=O) groups is 1. The summed E-state index contributed by atoms with van der Waals surface area (Å²) in [4.78, 5) is 14.2. The van der Waals surface area contributed by atoms with Gasteiger partial charge in [-0.05, 0) is 37.6 Å². The minimum absolute atomic E-state index is 0.00181. The molecule has 0 radical (unpaired) electrons. The van der Waals surface area contributed by atoms with Crippen LogP contribution in [0.3, 0.4) is 0 Å². The van der Waals surface area contributed by atoms with Gasteiger partial charge in [-0.3, -0.25) is 4.79 Å². The Kier molecular flexibility index (Phi) is 4.82. The van der Waals surface area contributed by atoms with Crippen molar-refractivity contribution < 1.29 is 9.53 Å². The van der Waals surface area contributed by atoms with Crippen molar-refractivity contribution in [2.24, 2.45) is 0 Å². The number of methoxy groups -OCH3 is 1. The smallest absolute Gasteiger partial charge is 0.257 e. The molecule has 0 aliphatic carbocycles. The molecule has 1 fully saturated rings. The summed E-state index contributed by atoms with van der Waals surface area (Å²) < 4.78 is 6.18. The zero-order valence-electron chi connectivity index (χ0n) is 11.3. The fourth-order valence-electron chi connectivity index (χ4n) is 2.37. The van der Waals surface area contributed by atoms with Gasteiger partial charge in [-0.2, -0.15) is 0 Å². The minimum Gasteiger partial charge on any atom is -0.496 e. The third-order valence-corrected chi connectivity index (χ3v) is 3.89. The van der Waals surface area contributed by atoms with Crippen LogP contribution in [0, 0.1) is 0 Å². The molecule has 1 aliphatic rings. The van der Waals surface area contributed by atoms with Crippen LogP contribution in [-0.2, 0) is 0 Å². The van der Waals surface area contributed by atoms with Gasteiger partial charge < -0.3 is 15.0 Å². The van der Waals surface area contributed by atoms with Crippen LogP contribution in [0.2, 0.25) is 0 Å². The van der Waals surface area contributed by atoms with Gasteiger partial charge in [-0.15, -0.1) is 0 Å². The van der Waals surface area contributed by atoms with Gasteiger partial charge in [0.15, 0.2) is 0 Å². The van der Waals surface area contributed by atoms with E-state index < -0.39 is 0 Å². The molecule has 0 aromatic heterocycles. The molecule has 1 aromatic carbocycles. The molecular weight excluding hydrogens is 308 g/mol. The fourth-order valence-corrected chi connectivity index (χ4v) is 2.71. The molecular formula is C14H19BrN2O2. The van der Waals surface area contributed by atoms with E-state index >= 15 is 0 Å². The maximum Gasteiger partial charge on any atom is 0.257 e. The summed E-state index contributed by atoms with van der Waals surface area (Å²) in [6.07, 6.45) is 2.32. The van der Waals surface area contributed by atoms with Crippen molar-refractivity contribution in [3.05, 3.63) is 28.2 Å². The summed E-state index contributed by atoms with van der Waals surface area (Å²) in [7, 11) is 3.42. The Labute approximate surface area is 122 Å². The van der Waals surface area contributed by atoms with Gasteiger partial charge in [0.25, 0.3) is 5.91 Å². The van der Waals surface area contributed by atoms with Gasteiger partial charge in [0.1, 0.15) is 5.75 Å². The van der Waals surface area contributed by atoms with E-state index in [1.54, 1.807) is 18.1 Å². The third kappa shape index (κ3) is 3.48. The van der Waals surface area contributed by atoms with Gasteiger partial charge in [0.2, 0.25) is 0 Å². The van der Waals surface area contributed by atoms with Crippen molar-refractivity contribution in [1.82, 2.24) is 10.2 Å². The quantitative estimate of drug-likeness (QED) is 0.923. The Hall–Kier alpha value is -1.07. The summed E-state index contributed by atoms with van der Waals surface area (Å²) in [5, 5.41) is 3.40. The maximum atomic E-state index is 12.4. The van der Waals surface area contributed by atoms with Crippen LogP contribution >= 0.6 is 15.9 Å². The summed E-state index contributed by atoms with van der Waals surface area (Å²) in [5.74, 6) is 0.601. The van der Waals surface area contributed by atoms with Gasteiger partial charge in [0.05, 0.1) is 12.7 Å². The summed E-state index contributed by atoms with van der Waals surface area (Å²) >= 11 is 3.38. The standard InChI is InChI=1S/C14H19BrN2O2/c1-17(9-11-4-3-7-16-11)14(18)12-6-5-10(15)8-13(12)19-2/h5-6,8,11,16H,3-4,7,9H2,1-2H3. The lowest BCUT2D eigenvalue weighted by atomic mass is 10.1. The third-order valence-electron chi connectivity index (χ3n) is 3.40. The number of likely N-dealkylation sites (N-methyl/N-ethyl adjacent to an activating group) is 1. The Morgan fingerprint density at radius 2 is 2.37 bits per heavy atom. The number of nitrogens with one attached hydrogen (secondary N) is 1. The molecule has 2 rings (SSSR count). The van der Waals surface area contributed by atoms with E-state index in [1.807, 2.05) is 19.2 Å². The first-order valence-electron chi connectivity index (χ1n) is 6.44. The van der Waals surface area contributed by atoms with E-state index in [4.69, 9.17) is 4.74 Å². The molecule has 19 heavy (non-hydrogen) atoms. The van der Waals surface area contributed by atoms with Crippen molar-refractivity contribution in [2.45, 2.75) is 18.9 Å². The average Bonchev–Trinajstić information content (AvgIpc) is 2.90. The highest BCUT2D eigenvalue weighted by Gasteiger charge is 2.21. The van der Waals surface area contributed by atoms with E-state index in [-0.39, 0.29) is 5.91 Å². The Morgan fingerprint density at radius 1 is 1.58 bits per heavy atom. The molecule has 104 valence electrons. The number of amides is 1. The largest absolute Gasteiger partial charge is 0.496 e. The second kappa shape index (κ2) is 6.39. The Morgan fingerprint density at radius 3 is 3.00 bits per heavy atom. The van der Waals surface area contributed by atoms with Gasteiger partial charge in [0, 0.05) is 24.1 Å². The van der Waals surface area contributed by atoms with Crippen LogP contribution in [-0.4, -0.2) is 44.1 Å². The van der Waals surface area contributed by atoms with Crippen LogP contribution in [0.4, 0.5) is 0 Å². The van der Waals surface area contributed by atoms with Gasteiger partial charge in [-0.25, -0.2) is 0 Å². The molecule has 1 aliphatic heterocycles. The predicted octanol–water partition coefficient (Wildman–Crippen LogP) is 2.28. The van der Waals surface area contributed by atoms with Crippen molar-refractivity contribution in [1.29, 1.82) is 0 Å². The molecule has 4 nitrogen and oxygen atoms in total. The van der Waals surface area contributed by atoms with Crippen molar-refractivity contribution >= 4 is 21.8 Å². The molecule has 0 bridgehead atoms. The monoisotopic (exact) mass is 326 g/mol. The zero-order valence-corrected chi connectivity index (χ0v) is 12.9. The number of rotatable bonds is 4. The summed E-state index contributed by atoms with van der Waals surface area (Å²) in [6, 6.07) is 5.88. The number of halogens is 1. The number of nitrogens with zero attached hydrogens (tertiary/aromatic N) is 1. The average molecular weight is 327 g/mol. The molecule has 1 heterocycles. The SMILES string of the molecule is COc1cc(Br)ccc1C(=O)N(C)CC1CCCN1. The number of carbonyl (C=O) groups excluding carboxylic acids is 1. The molecule has 1 atom stereocenters. The van der Waals surface area contributed by atoms with Crippen molar-refractivity contribution in [3.63, 3.8) is 0 Å². The van der Waals surface area contributed by atoms with E-state index in [0.29, 0.717) is 17.4 Å². The molecule has 1 saturated heterocycles. The van der Waals surface area contributed by atoms with Crippen LogP contribution in [0.25, 0.3) is 0 Å². The van der Waals surface area contributed by atoms with Crippen molar-refractivity contribution in [3.8, 4) is 5.75 Å². The first-order valence-corrected chi connectivity index (χ1v) is 7.23.